The maximum absolute atomic E-state index is 15.5. The monoisotopic (exact) mass is 550 g/mol. The number of ketones is 1. The van der Waals surface area contributed by atoms with Crippen molar-refractivity contribution in [2.24, 2.45) is 0 Å². The molecule has 0 saturated carbocycles. The molecule has 0 saturated heterocycles. The van der Waals surface area contributed by atoms with E-state index < -0.39 is 27.7 Å². The lowest BCUT2D eigenvalue weighted by Crippen LogP contribution is -2.67. The van der Waals surface area contributed by atoms with Crippen LogP contribution < -0.4 is 0 Å². The Morgan fingerprint density at radius 3 is 0.917 bits per heavy atom. The fourth-order valence-electron chi connectivity index (χ4n) is 5.55. The minimum atomic E-state index is -3.48. The van der Waals surface area contributed by atoms with Gasteiger partial charge in [-0.3, -0.25) is 4.79 Å². The highest BCUT2D eigenvalue weighted by molar-refractivity contribution is 6.75. The number of hydrogen-bond acceptors (Lipinski definition) is 7. The SMILES string of the molecule is CCCCC(CC)(C(=O)C(CC)(CCCC)[Si](OCC)(OCC)OCC)[Si](OCC)(OCC)OCC. The molecule has 216 valence electrons. The summed E-state index contributed by atoms with van der Waals surface area (Å²) in [7, 11) is -6.96. The van der Waals surface area contributed by atoms with Crippen LogP contribution >= 0.6 is 0 Å². The molecule has 0 aromatic carbocycles. The van der Waals surface area contributed by atoms with Gasteiger partial charge in [0.15, 0.2) is 5.78 Å². The molecule has 0 heterocycles. The van der Waals surface area contributed by atoms with Crippen molar-refractivity contribution in [1.29, 1.82) is 0 Å². The zero-order valence-electron chi connectivity index (χ0n) is 25.3. The fourth-order valence-corrected chi connectivity index (χ4v) is 13.0. The second-order valence-electron chi connectivity index (χ2n) is 9.12. The second kappa shape index (κ2) is 18.2. The molecule has 0 aromatic heterocycles. The van der Waals surface area contributed by atoms with Gasteiger partial charge in [-0.05, 0) is 67.2 Å². The van der Waals surface area contributed by atoms with Crippen molar-refractivity contribution in [2.45, 2.75) is 131 Å². The Morgan fingerprint density at radius 2 is 0.750 bits per heavy atom. The molecule has 7 nitrogen and oxygen atoms in total. The number of rotatable bonds is 24. The third-order valence-corrected chi connectivity index (χ3v) is 15.2. The van der Waals surface area contributed by atoms with Crippen LogP contribution in [0.2, 0.25) is 10.1 Å². The first-order valence-electron chi connectivity index (χ1n) is 14.6. The molecule has 0 rings (SSSR count). The molecule has 36 heavy (non-hydrogen) atoms. The second-order valence-corrected chi connectivity index (χ2v) is 15.0. The Labute approximate surface area is 225 Å². The van der Waals surface area contributed by atoms with E-state index in [2.05, 4.69) is 27.7 Å². The van der Waals surface area contributed by atoms with Crippen LogP contribution in [0.4, 0.5) is 0 Å². The summed E-state index contributed by atoms with van der Waals surface area (Å²) in [4.78, 5) is 15.5. The van der Waals surface area contributed by atoms with Crippen LogP contribution in [-0.4, -0.2) is 63.0 Å². The van der Waals surface area contributed by atoms with Gasteiger partial charge in [-0.25, -0.2) is 0 Å². The van der Waals surface area contributed by atoms with Crippen LogP contribution in [0.15, 0.2) is 0 Å². The number of hydrogen-bond donors (Lipinski definition) is 0. The van der Waals surface area contributed by atoms with Crippen LogP contribution in [0.25, 0.3) is 0 Å². The number of Topliss-reactive ketones (excluding diaryl/α,β-unsaturated/α-hetero) is 1. The van der Waals surface area contributed by atoms with E-state index in [1.165, 1.54) is 0 Å². The lowest BCUT2D eigenvalue weighted by atomic mass is 9.81. The predicted octanol–water partition coefficient (Wildman–Crippen LogP) is 7.33. The summed E-state index contributed by atoms with van der Waals surface area (Å²) in [5, 5.41) is -1.84. The van der Waals surface area contributed by atoms with E-state index in [0.717, 1.165) is 25.7 Å². The summed E-state index contributed by atoms with van der Waals surface area (Å²) in [5.41, 5.74) is 0. The molecular formula is C27H58O7Si2. The van der Waals surface area contributed by atoms with Gasteiger partial charge in [-0.15, -0.1) is 0 Å². The molecule has 0 spiro atoms. The molecule has 0 N–H and O–H groups in total. The highest BCUT2D eigenvalue weighted by atomic mass is 28.4. The summed E-state index contributed by atoms with van der Waals surface area (Å²) in [6.45, 7) is 22.7. The van der Waals surface area contributed by atoms with Gasteiger partial charge < -0.3 is 26.6 Å². The van der Waals surface area contributed by atoms with Crippen LogP contribution in [0.5, 0.6) is 0 Å². The van der Waals surface area contributed by atoms with Crippen LogP contribution in [-0.2, 0) is 31.4 Å². The van der Waals surface area contributed by atoms with Crippen molar-refractivity contribution >= 4 is 23.4 Å². The van der Waals surface area contributed by atoms with Crippen molar-refractivity contribution < 1.29 is 31.4 Å². The van der Waals surface area contributed by atoms with E-state index in [1.807, 2.05) is 41.5 Å². The summed E-state index contributed by atoms with van der Waals surface area (Å²) < 4.78 is 38.9. The molecular weight excluding hydrogens is 492 g/mol. The molecule has 0 aliphatic carbocycles. The summed E-state index contributed by atoms with van der Waals surface area (Å²) >= 11 is 0. The maximum Gasteiger partial charge on any atom is 0.515 e. The number of carbonyl (C=O) groups is 1. The first kappa shape index (κ1) is 35.9. The Balaban J connectivity index is 7.58. The Kier molecular flexibility index (Phi) is 18.1. The third-order valence-electron chi connectivity index (χ3n) is 7.17. The lowest BCUT2D eigenvalue weighted by molar-refractivity contribution is -0.132. The minimum absolute atomic E-state index is 0.103. The van der Waals surface area contributed by atoms with Crippen LogP contribution in [0.1, 0.15) is 121 Å². The highest BCUT2D eigenvalue weighted by Gasteiger charge is 2.73. The number of carbonyl (C=O) groups excluding carboxylic acids is 1. The van der Waals surface area contributed by atoms with E-state index in [1.54, 1.807) is 0 Å². The standard InChI is InChI=1S/C27H58O7Si2/c1-11-21-23-26(13-3,35(29-15-5,30-16-6)31-17-7)25(28)27(14-4,24-22-12-2)36(32-18-8,33-19-9)34-20-10/h11-24H2,1-10H3. The Bertz CT molecular complexity index is 510. The topological polar surface area (TPSA) is 72.5 Å². The zero-order valence-corrected chi connectivity index (χ0v) is 27.3. The quantitative estimate of drug-likeness (QED) is 0.116. The van der Waals surface area contributed by atoms with E-state index in [0.29, 0.717) is 65.3 Å². The summed E-state index contributed by atoms with van der Waals surface area (Å²) in [5.74, 6) is 0.103. The van der Waals surface area contributed by atoms with Crippen molar-refractivity contribution in [3.8, 4) is 0 Å². The van der Waals surface area contributed by atoms with E-state index >= 15 is 4.79 Å². The lowest BCUT2D eigenvalue weighted by Gasteiger charge is -2.51. The van der Waals surface area contributed by atoms with Gasteiger partial charge in [-0.2, -0.15) is 0 Å². The molecule has 9 heteroatoms. The van der Waals surface area contributed by atoms with Gasteiger partial charge >= 0.3 is 17.6 Å². The molecule has 0 amide bonds. The molecule has 0 aliphatic rings. The summed E-state index contributed by atoms with van der Waals surface area (Å²) in [6.07, 6.45) is 6.11. The van der Waals surface area contributed by atoms with Crippen molar-refractivity contribution in [3.05, 3.63) is 0 Å². The van der Waals surface area contributed by atoms with Crippen LogP contribution in [0, 0.1) is 0 Å². The average molecular weight is 551 g/mol. The molecule has 0 aliphatic heterocycles. The van der Waals surface area contributed by atoms with Gasteiger partial charge in [0.1, 0.15) is 0 Å². The Hall–Kier alpha value is -0.136. The highest BCUT2D eigenvalue weighted by Crippen LogP contribution is 2.60. The normalized spacial score (nSPS) is 16.1. The van der Waals surface area contributed by atoms with E-state index in [9.17, 15) is 0 Å². The maximum atomic E-state index is 15.5. The third kappa shape index (κ3) is 7.49. The van der Waals surface area contributed by atoms with Crippen molar-refractivity contribution in [3.63, 3.8) is 0 Å². The molecule has 0 aromatic rings. The smallest absolute Gasteiger partial charge is 0.373 e. The van der Waals surface area contributed by atoms with Crippen LogP contribution in [0.3, 0.4) is 0 Å². The fraction of sp³-hybridized carbons (Fsp3) is 0.963. The van der Waals surface area contributed by atoms with Gasteiger partial charge in [0.05, 0.1) is 10.1 Å². The van der Waals surface area contributed by atoms with Crippen molar-refractivity contribution in [1.82, 2.24) is 0 Å². The average Bonchev–Trinajstić information content (AvgIpc) is 2.86. The van der Waals surface area contributed by atoms with Gasteiger partial charge in [0.2, 0.25) is 0 Å². The molecule has 2 atom stereocenters. The molecule has 0 fully saturated rings. The molecule has 0 bridgehead atoms. The number of unbranched alkanes of at least 4 members (excludes halogenated alkanes) is 2. The Morgan fingerprint density at radius 1 is 0.500 bits per heavy atom. The first-order chi connectivity index (χ1) is 17.3. The largest absolute Gasteiger partial charge is 0.515 e. The zero-order chi connectivity index (χ0) is 27.7. The van der Waals surface area contributed by atoms with Gasteiger partial charge in [-0.1, -0.05) is 53.4 Å². The molecule has 0 radical (unpaired) electrons. The van der Waals surface area contributed by atoms with Crippen molar-refractivity contribution in [2.75, 3.05) is 39.6 Å². The first-order valence-corrected chi connectivity index (χ1v) is 18.1. The summed E-state index contributed by atoms with van der Waals surface area (Å²) in [6, 6.07) is 0. The van der Waals surface area contributed by atoms with Gasteiger partial charge in [0, 0.05) is 39.6 Å². The van der Waals surface area contributed by atoms with Gasteiger partial charge in [0.25, 0.3) is 0 Å². The predicted molar refractivity (Wildman–Crippen MR) is 151 cm³/mol. The van der Waals surface area contributed by atoms with E-state index in [4.69, 9.17) is 26.6 Å². The molecule has 2 unspecified atom stereocenters. The van der Waals surface area contributed by atoms with E-state index in [-0.39, 0.29) is 5.78 Å². The minimum Gasteiger partial charge on any atom is -0.373 e.